The predicted octanol–water partition coefficient (Wildman–Crippen LogP) is 2.98. The predicted molar refractivity (Wildman–Crippen MR) is 74.4 cm³/mol. The van der Waals surface area contributed by atoms with Gasteiger partial charge in [0.2, 0.25) is 5.91 Å². The molecule has 1 aliphatic rings. The second-order valence-corrected chi connectivity index (χ2v) is 4.85. The van der Waals surface area contributed by atoms with Crippen LogP contribution in [0.2, 0.25) is 0 Å². The zero-order valence-corrected chi connectivity index (χ0v) is 11.4. The Hall–Kier alpha value is -1.55. The fourth-order valence-corrected chi connectivity index (χ4v) is 2.30. The van der Waals surface area contributed by atoms with Crippen LogP contribution in [0.3, 0.4) is 0 Å². The standard InChI is InChI=1S/C15H21NO3/c1-18-13-9-7-12(8-10-13)16-15(17)11-19-14-5-3-2-4-6-14/h7-10,14H,2-6,11H2,1H3,(H,16,17). The Morgan fingerprint density at radius 3 is 2.53 bits per heavy atom. The molecular weight excluding hydrogens is 242 g/mol. The first kappa shape index (κ1) is 13.9. The van der Waals surface area contributed by atoms with Gasteiger partial charge in [-0.15, -0.1) is 0 Å². The van der Waals surface area contributed by atoms with Gasteiger partial charge in [-0.25, -0.2) is 0 Å². The van der Waals surface area contributed by atoms with Gasteiger partial charge in [-0.05, 0) is 37.1 Å². The topological polar surface area (TPSA) is 47.6 Å². The van der Waals surface area contributed by atoms with E-state index in [0.717, 1.165) is 24.3 Å². The van der Waals surface area contributed by atoms with Crippen molar-refractivity contribution in [2.45, 2.75) is 38.2 Å². The van der Waals surface area contributed by atoms with Gasteiger partial charge < -0.3 is 14.8 Å². The molecule has 0 unspecified atom stereocenters. The Balaban J connectivity index is 1.73. The zero-order chi connectivity index (χ0) is 13.5. The smallest absolute Gasteiger partial charge is 0.250 e. The van der Waals surface area contributed by atoms with E-state index in [9.17, 15) is 4.79 Å². The van der Waals surface area contributed by atoms with E-state index in [-0.39, 0.29) is 18.6 Å². The Labute approximate surface area is 114 Å². The van der Waals surface area contributed by atoms with Crippen LogP contribution in [0, 0.1) is 0 Å². The lowest BCUT2D eigenvalue weighted by molar-refractivity contribution is -0.123. The Morgan fingerprint density at radius 1 is 1.21 bits per heavy atom. The molecule has 4 nitrogen and oxygen atoms in total. The van der Waals surface area contributed by atoms with Crippen molar-refractivity contribution >= 4 is 11.6 Å². The van der Waals surface area contributed by atoms with Gasteiger partial charge in [-0.1, -0.05) is 19.3 Å². The number of ether oxygens (including phenoxy) is 2. The summed E-state index contributed by atoms with van der Waals surface area (Å²) in [6.45, 7) is 0.136. The number of carbonyl (C=O) groups is 1. The Kier molecular flexibility index (Phi) is 5.21. The van der Waals surface area contributed by atoms with E-state index in [1.165, 1.54) is 19.3 Å². The highest BCUT2D eigenvalue weighted by Gasteiger charge is 2.15. The van der Waals surface area contributed by atoms with Crippen molar-refractivity contribution < 1.29 is 14.3 Å². The van der Waals surface area contributed by atoms with Gasteiger partial charge in [-0.2, -0.15) is 0 Å². The highest BCUT2D eigenvalue weighted by atomic mass is 16.5. The maximum atomic E-state index is 11.7. The first-order chi connectivity index (χ1) is 9.28. The molecule has 0 saturated heterocycles. The summed E-state index contributed by atoms with van der Waals surface area (Å²) in [6, 6.07) is 7.27. The van der Waals surface area contributed by atoms with E-state index in [0.29, 0.717) is 0 Å². The van der Waals surface area contributed by atoms with Crippen LogP contribution < -0.4 is 10.1 Å². The van der Waals surface area contributed by atoms with Crippen molar-refractivity contribution in [3.05, 3.63) is 24.3 Å². The monoisotopic (exact) mass is 263 g/mol. The van der Waals surface area contributed by atoms with E-state index in [1.807, 2.05) is 24.3 Å². The van der Waals surface area contributed by atoms with Crippen molar-refractivity contribution in [2.24, 2.45) is 0 Å². The molecule has 0 atom stereocenters. The molecule has 0 radical (unpaired) electrons. The molecule has 2 rings (SSSR count). The quantitative estimate of drug-likeness (QED) is 0.888. The maximum Gasteiger partial charge on any atom is 0.250 e. The number of nitrogens with one attached hydrogen (secondary N) is 1. The van der Waals surface area contributed by atoms with Crippen molar-refractivity contribution in [3.63, 3.8) is 0 Å². The second kappa shape index (κ2) is 7.14. The van der Waals surface area contributed by atoms with Crippen LogP contribution in [0.1, 0.15) is 32.1 Å². The van der Waals surface area contributed by atoms with Gasteiger partial charge in [0.05, 0.1) is 13.2 Å². The lowest BCUT2D eigenvalue weighted by atomic mass is 9.98. The lowest BCUT2D eigenvalue weighted by Gasteiger charge is -2.21. The number of benzene rings is 1. The average Bonchev–Trinajstić information content (AvgIpc) is 2.47. The fraction of sp³-hybridized carbons (Fsp3) is 0.533. The van der Waals surface area contributed by atoms with E-state index in [1.54, 1.807) is 7.11 Å². The highest BCUT2D eigenvalue weighted by molar-refractivity contribution is 5.91. The molecule has 1 aliphatic carbocycles. The van der Waals surface area contributed by atoms with Gasteiger partial charge in [-0.3, -0.25) is 4.79 Å². The van der Waals surface area contributed by atoms with Crippen LogP contribution in [-0.2, 0) is 9.53 Å². The van der Waals surface area contributed by atoms with Crippen LogP contribution in [0.4, 0.5) is 5.69 Å². The number of hydrogen-bond acceptors (Lipinski definition) is 3. The summed E-state index contributed by atoms with van der Waals surface area (Å²) in [7, 11) is 1.62. The van der Waals surface area contributed by atoms with E-state index < -0.39 is 0 Å². The molecule has 0 aromatic heterocycles. The van der Waals surface area contributed by atoms with Gasteiger partial charge >= 0.3 is 0 Å². The summed E-state index contributed by atoms with van der Waals surface area (Å²) in [5, 5.41) is 2.81. The third kappa shape index (κ3) is 4.56. The molecule has 0 spiro atoms. The number of amides is 1. The van der Waals surface area contributed by atoms with Gasteiger partial charge in [0, 0.05) is 5.69 Å². The zero-order valence-electron chi connectivity index (χ0n) is 11.4. The summed E-state index contributed by atoms with van der Waals surface area (Å²) in [5.74, 6) is 0.673. The third-order valence-corrected chi connectivity index (χ3v) is 3.38. The summed E-state index contributed by atoms with van der Waals surface area (Å²) in [5.41, 5.74) is 0.762. The first-order valence-corrected chi connectivity index (χ1v) is 6.83. The molecule has 0 aliphatic heterocycles. The highest BCUT2D eigenvalue weighted by Crippen LogP contribution is 2.20. The van der Waals surface area contributed by atoms with Crippen molar-refractivity contribution in [1.29, 1.82) is 0 Å². The minimum absolute atomic E-state index is 0.101. The number of hydrogen-bond donors (Lipinski definition) is 1. The van der Waals surface area contributed by atoms with Gasteiger partial charge in [0.1, 0.15) is 12.4 Å². The van der Waals surface area contributed by atoms with Gasteiger partial charge in [0.25, 0.3) is 0 Å². The minimum atomic E-state index is -0.101. The van der Waals surface area contributed by atoms with Crippen molar-refractivity contribution in [3.8, 4) is 5.75 Å². The number of methoxy groups -OCH3 is 1. The molecule has 1 aromatic rings. The number of anilines is 1. The van der Waals surface area contributed by atoms with E-state index >= 15 is 0 Å². The summed E-state index contributed by atoms with van der Waals surface area (Å²) < 4.78 is 10.7. The lowest BCUT2D eigenvalue weighted by Crippen LogP contribution is -2.24. The molecule has 0 bridgehead atoms. The van der Waals surface area contributed by atoms with E-state index in [2.05, 4.69) is 5.32 Å². The van der Waals surface area contributed by atoms with Crippen molar-refractivity contribution in [1.82, 2.24) is 0 Å². The van der Waals surface area contributed by atoms with Crippen LogP contribution in [0.25, 0.3) is 0 Å². The summed E-state index contributed by atoms with van der Waals surface area (Å²) in [6.07, 6.45) is 6.13. The summed E-state index contributed by atoms with van der Waals surface area (Å²) in [4.78, 5) is 11.7. The molecule has 1 saturated carbocycles. The normalized spacial score (nSPS) is 16.1. The van der Waals surface area contributed by atoms with E-state index in [4.69, 9.17) is 9.47 Å². The second-order valence-electron chi connectivity index (χ2n) is 4.85. The molecule has 1 amide bonds. The van der Waals surface area contributed by atoms with Crippen LogP contribution in [0.5, 0.6) is 5.75 Å². The Bertz CT molecular complexity index is 396. The average molecular weight is 263 g/mol. The molecule has 19 heavy (non-hydrogen) atoms. The fourth-order valence-electron chi connectivity index (χ4n) is 2.30. The first-order valence-electron chi connectivity index (χ1n) is 6.83. The largest absolute Gasteiger partial charge is 0.497 e. The summed E-state index contributed by atoms with van der Waals surface area (Å²) >= 11 is 0. The molecule has 4 heteroatoms. The SMILES string of the molecule is COc1ccc(NC(=O)COC2CCCCC2)cc1. The van der Waals surface area contributed by atoms with Crippen molar-refractivity contribution in [2.75, 3.05) is 19.0 Å². The van der Waals surface area contributed by atoms with Crippen LogP contribution in [-0.4, -0.2) is 25.7 Å². The number of carbonyl (C=O) groups excluding carboxylic acids is 1. The van der Waals surface area contributed by atoms with Crippen LogP contribution in [0.15, 0.2) is 24.3 Å². The van der Waals surface area contributed by atoms with Crippen LogP contribution >= 0.6 is 0 Å². The molecule has 1 N–H and O–H groups in total. The molecular formula is C15H21NO3. The molecule has 0 heterocycles. The minimum Gasteiger partial charge on any atom is -0.497 e. The number of rotatable bonds is 5. The van der Waals surface area contributed by atoms with Gasteiger partial charge in [0.15, 0.2) is 0 Å². The molecule has 1 aromatic carbocycles. The maximum absolute atomic E-state index is 11.7. The Morgan fingerprint density at radius 2 is 1.89 bits per heavy atom. The molecule has 1 fully saturated rings. The molecule has 104 valence electrons. The third-order valence-electron chi connectivity index (χ3n) is 3.38.